The molecule has 0 aliphatic carbocycles. The van der Waals surface area contributed by atoms with Gasteiger partial charge in [0.2, 0.25) is 5.91 Å². The average Bonchev–Trinajstić information content (AvgIpc) is 2.64. The number of carbonyl (C=O) groups excluding carboxylic acids is 1. The van der Waals surface area contributed by atoms with Gasteiger partial charge in [-0.05, 0) is 30.9 Å². The van der Waals surface area contributed by atoms with E-state index in [1.54, 1.807) is 0 Å². The molecule has 2 aromatic carbocycles. The molecule has 25 heavy (non-hydrogen) atoms. The highest BCUT2D eigenvalue weighted by atomic mass is 16.2. The first kappa shape index (κ1) is 17.7. The molecule has 1 saturated heterocycles. The van der Waals surface area contributed by atoms with Crippen LogP contribution in [0.3, 0.4) is 0 Å². The van der Waals surface area contributed by atoms with Crippen LogP contribution in [0.15, 0.2) is 54.6 Å². The van der Waals surface area contributed by atoms with Crippen molar-refractivity contribution < 1.29 is 9.69 Å². The van der Waals surface area contributed by atoms with E-state index >= 15 is 0 Å². The molecule has 0 saturated carbocycles. The van der Waals surface area contributed by atoms with Crippen LogP contribution in [0.1, 0.15) is 29.5 Å². The summed E-state index contributed by atoms with van der Waals surface area (Å²) in [5.74, 6) is 0.451. The lowest BCUT2D eigenvalue weighted by molar-refractivity contribution is -0.921. The summed E-state index contributed by atoms with van der Waals surface area (Å²) in [5.41, 5.74) is 3.95. The predicted molar refractivity (Wildman–Crippen MR) is 101 cm³/mol. The van der Waals surface area contributed by atoms with Crippen LogP contribution in [0.4, 0.5) is 0 Å². The number of quaternary nitrogens is 1. The lowest BCUT2D eigenvalue weighted by atomic mass is 9.95. The highest BCUT2D eigenvalue weighted by Crippen LogP contribution is 2.14. The van der Waals surface area contributed by atoms with Gasteiger partial charge in [0, 0.05) is 19.2 Å². The smallest absolute Gasteiger partial charge is 0.231 e. The third-order valence-electron chi connectivity index (χ3n) is 5.31. The number of hydrogen-bond acceptors (Lipinski definition) is 1. The fourth-order valence-corrected chi connectivity index (χ4v) is 3.85. The molecule has 0 bridgehead atoms. The first-order valence-electron chi connectivity index (χ1n) is 9.30. The van der Waals surface area contributed by atoms with Gasteiger partial charge < -0.3 is 9.80 Å². The van der Waals surface area contributed by atoms with Gasteiger partial charge in [-0.2, -0.15) is 0 Å². The largest absolute Gasteiger partial charge is 0.341 e. The van der Waals surface area contributed by atoms with Crippen molar-refractivity contribution >= 4 is 5.91 Å². The second-order valence-electron chi connectivity index (χ2n) is 7.33. The van der Waals surface area contributed by atoms with E-state index in [-0.39, 0.29) is 5.92 Å². The minimum absolute atomic E-state index is 0.154. The molecule has 2 atom stereocenters. The Balaban J connectivity index is 1.58. The number of aryl methyl sites for hydroxylation is 1. The van der Waals surface area contributed by atoms with Gasteiger partial charge in [0.15, 0.2) is 0 Å². The van der Waals surface area contributed by atoms with Gasteiger partial charge in [0.05, 0.1) is 19.0 Å². The SMILES string of the molecule is Cc1ccccc1C[NH+]1CCC[C@@H](C(=O)N(C)Cc2ccccc2)C1. The number of amides is 1. The van der Waals surface area contributed by atoms with E-state index in [0.29, 0.717) is 12.5 Å². The molecule has 1 N–H and O–H groups in total. The molecule has 0 spiro atoms. The van der Waals surface area contributed by atoms with Gasteiger partial charge in [-0.15, -0.1) is 0 Å². The summed E-state index contributed by atoms with van der Waals surface area (Å²) in [6.07, 6.45) is 2.16. The van der Waals surface area contributed by atoms with E-state index in [1.165, 1.54) is 28.1 Å². The molecule has 1 amide bonds. The highest BCUT2D eigenvalue weighted by Gasteiger charge is 2.30. The van der Waals surface area contributed by atoms with Gasteiger partial charge in [-0.3, -0.25) is 4.79 Å². The lowest BCUT2D eigenvalue weighted by Crippen LogP contribution is -3.12. The Morgan fingerprint density at radius 3 is 2.60 bits per heavy atom. The van der Waals surface area contributed by atoms with Crippen LogP contribution in [0.2, 0.25) is 0 Å². The summed E-state index contributed by atoms with van der Waals surface area (Å²) in [7, 11) is 1.94. The minimum atomic E-state index is 0.154. The molecule has 3 rings (SSSR count). The Bertz CT molecular complexity index is 698. The van der Waals surface area contributed by atoms with Crippen LogP contribution in [-0.4, -0.2) is 30.9 Å². The second kappa shape index (κ2) is 8.30. The van der Waals surface area contributed by atoms with Gasteiger partial charge in [0.25, 0.3) is 0 Å². The summed E-state index contributed by atoms with van der Waals surface area (Å²) in [4.78, 5) is 16.3. The maximum absolute atomic E-state index is 12.9. The van der Waals surface area contributed by atoms with Crippen molar-refractivity contribution in [2.24, 2.45) is 5.92 Å². The van der Waals surface area contributed by atoms with E-state index in [0.717, 1.165) is 25.9 Å². The molecule has 1 unspecified atom stereocenters. The fourth-order valence-electron chi connectivity index (χ4n) is 3.85. The topological polar surface area (TPSA) is 24.8 Å². The van der Waals surface area contributed by atoms with Crippen molar-refractivity contribution in [3.05, 3.63) is 71.3 Å². The molecular formula is C22H29N2O+. The maximum atomic E-state index is 12.9. The second-order valence-corrected chi connectivity index (χ2v) is 7.33. The van der Waals surface area contributed by atoms with Crippen molar-refractivity contribution in [2.45, 2.75) is 32.9 Å². The average molecular weight is 337 g/mol. The summed E-state index contributed by atoms with van der Waals surface area (Å²) in [5, 5.41) is 0. The molecule has 1 aliphatic rings. The van der Waals surface area contributed by atoms with Crippen molar-refractivity contribution in [1.29, 1.82) is 0 Å². The number of carbonyl (C=O) groups is 1. The van der Waals surface area contributed by atoms with Gasteiger partial charge in [-0.25, -0.2) is 0 Å². The van der Waals surface area contributed by atoms with Crippen LogP contribution in [0, 0.1) is 12.8 Å². The Hall–Kier alpha value is -2.13. The van der Waals surface area contributed by atoms with Gasteiger partial charge in [-0.1, -0.05) is 54.6 Å². The number of nitrogens with zero attached hydrogens (tertiary/aromatic N) is 1. The van der Waals surface area contributed by atoms with Crippen LogP contribution < -0.4 is 4.90 Å². The molecular weight excluding hydrogens is 308 g/mol. The Kier molecular flexibility index (Phi) is 5.87. The minimum Gasteiger partial charge on any atom is -0.341 e. The number of piperidine rings is 1. The first-order valence-corrected chi connectivity index (χ1v) is 9.30. The lowest BCUT2D eigenvalue weighted by Gasteiger charge is -2.32. The highest BCUT2D eigenvalue weighted by molar-refractivity contribution is 5.78. The van der Waals surface area contributed by atoms with E-state index in [1.807, 2.05) is 30.1 Å². The molecule has 3 nitrogen and oxygen atoms in total. The van der Waals surface area contributed by atoms with Crippen LogP contribution in [0.25, 0.3) is 0 Å². The van der Waals surface area contributed by atoms with Crippen molar-refractivity contribution in [3.8, 4) is 0 Å². The molecule has 2 aromatic rings. The summed E-state index contributed by atoms with van der Waals surface area (Å²) < 4.78 is 0. The van der Waals surface area contributed by atoms with Crippen molar-refractivity contribution in [3.63, 3.8) is 0 Å². The maximum Gasteiger partial charge on any atom is 0.231 e. The number of benzene rings is 2. The van der Waals surface area contributed by atoms with Crippen LogP contribution in [-0.2, 0) is 17.9 Å². The van der Waals surface area contributed by atoms with Gasteiger partial charge >= 0.3 is 0 Å². The molecule has 0 radical (unpaired) electrons. The Morgan fingerprint density at radius 1 is 1.12 bits per heavy atom. The van der Waals surface area contributed by atoms with Gasteiger partial charge in [0.1, 0.15) is 6.54 Å². The Labute approximate surface area is 151 Å². The number of hydrogen-bond donors (Lipinski definition) is 1. The summed E-state index contributed by atoms with van der Waals surface area (Å²) >= 11 is 0. The fraction of sp³-hybridized carbons (Fsp3) is 0.409. The molecule has 1 aliphatic heterocycles. The van der Waals surface area contributed by atoms with Crippen LogP contribution >= 0.6 is 0 Å². The third-order valence-corrected chi connectivity index (χ3v) is 5.31. The zero-order chi connectivity index (χ0) is 17.6. The molecule has 1 fully saturated rings. The Morgan fingerprint density at radius 2 is 1.84 bits per heavy atom. The van der Waals surface area contributed by atoms with E-state index in [4.69, 9.17) is 0 Å². The van der Waals surface area contributed by atoms with E-state index in [2.05, 4.69) is 43.3 Å². The van der Waals surface area contributed by atoms with Crippen molar-refractivity contribution in [2.75, 3.05) is 20.1 Å². The van der Waals surface area contributed by atoms with E-state index in [9.17, 15) is 4.79 Å². The summed E-state index contributed by atoms with van der Waals surface area (Å²) in [6, 6.07) is 18.8. The number of likely N-dealkylation sites (tertiary alicyclic amines) is 1. The number of rotatable bonds is 5. The quantitative estimate of drug-likeness (QED) is 0.891. The molecule has 132 valence electrons. The normalized spacial score (nSPS) is 20.2. The summed E-state index contributed by atoms with van der Waals surface area (Å²) in [6.45, 7) is 6.02. The first-order chi connectivity index (χ1) is 12.1. The third kappa shape index (κ3) is 4.70. The van der Waals surface area contributed by atoms with Crippen LogP contribution in [0.5, 0.6) is 0 Å². The standard InChI is InChI=1S/C22H28N2O/c1-18-9-6-7-12-20(18)16-24-14-8-13-21(17-24)22(25)23(2)15-19-10-4-3-5-11-19/h3-7,9-12,21H,8,13-17H2,1-2H3/p+1/t21-/m1/s1. The monoisotopic (exact) mass is 337 g/mol. The number of nitrogens with one attached hydrogen (secondary N) is 1. The zero-order valence-corrected chi connectivity index (χ0v) is 15.4. The zero-order valence-electron chi connectivity index (χ0n) is 15.4. The van der Waals surface area contributed by atoms with Crippen molar-refractivity contribution in [1.82, 2.24) is 4.90 Å². The molecule has 0 aromatic heterocycles. The predicted octanol–water partition coefficient (Wildman–Crippen LogP) is 2.45. The van der Waals surface area contributed by atoms with E-state index < -0.39 is 0 Å². The molecule has 3 heteroatoms. The molecule has 1 heterocycles.